The Bertz CT molecular complexity index is 440. The van der Waals surface area contributed by atoms with E-state index in [2.05, 4.69) is 5.92 Å². The second-order valence-corrected chi connectivity index (χ2v) is 2.36. The van der Waals surface area contributed by atoms with Crippen LogP contribution >= 0.6 is 0 Å². The average Bonchev–Trinajstić information content (AvgIpc) is 2.16. The van der Waals surface area contributed by atoms with Gasteiger partial charge in [0.05, 0.1) is 11.1 Å². The monoisotopic (exact) mass is 192 g/mol. The van der Waals surface area contributed by atoms with Gasteiger partial charge in [-0.1, -0.05) is 12.0 Å². The van der Waals surface area contributed by atoms with Crippen molar-refractivity contribution in [1.29, 1.82) is 0 Å². The molecule has 3 nitrogen and oxygen atoms in total. The summed E-state index contributed by atoms with van der Waals surface area (Å²) in [6.07, 6.45) is 0.312. The Labute approximate surface area is 79.2 Å². The van der Waals surface area contributed by atoms with Gasteiger partial charge in [0, 0.05) is 0 Å². The summed E-state index contributed by atoms with van der Waals surface area (Å²) in [4.78, 5) is 20.4. The quantitative estimate of drug-likeness (QED) is 0.535. The van der Waals surface area contributed by atoms with Crippen LogP contribution in [0.15, 0.2) is 18.2 Å². The molecule has 0 aliphatic carbocycles. The molecular formula is C10H5FO3. The van der Waals surface area contributed by atoms with Gasteiger partial charge in [-0.05, 0) is 18.1 Å². The summed E-state index contributed by atoms with van der Waals surface area (Å²) in [5.74, 6) is 1.92. The first kappa shape index (κ1) is 9.93. The van der Waals surface area contributed by atoms with Gasteiger partial charge in [0.2, 0.25) is 0 Å². The van der Waals surface area contributed by atoms with Gasteiger partial charge in [-0.3, -0.25) is 4.79 Å². The van der Waals surface area contributed by atoms with Gasteiger partial charge in [0.25, 0.3) is 0 Å². The summed E-state index contributed by atoms with van der Waals surface area (Å²) in [5, 5.41) is 8.56. The number of hydrogen-bond donors (Lipinski definition) is 1. The molecule has 1 N–H and O–H groups in total. The molecular weight excluding hydrogens is 187 g/mol. The maximum absolute atomic E-state index is 13.2. The van der Waals surface area contributed by atoms with E-state index in [9.17, 15) is 14.0 Å². The maximum atomic E-state index is 13.2. The van der Waals surface area contributed by atoms with Gasteiger partial charge in [0.15, 0.2) is 12.1 Å². The van der Waals surface area contributed by atoms with Crippen molar-refractivity contribution in [2.75, 3.05) is 0 Å². The first-order chi connectivity index (χ1) is 6.66. The van der Waals surface area contributed by atoms with Crippen LogP contribution in [-0.4, -0.2) is 17.4 Å². The predicted octanol–water partition coefficient (Wildman–Crippen LogP) is 1.07. The molecule has 70 valence electrons. The number of aromatic carboxylic acids is 1. The summed E-state index contributed by atoms with van der Waals surface area (Å²) >= 11 is 0. The topological polar surface area (TPSA) is 54.4 Å². The van der Waals surface area contributed by atoms with E-state index in [0.717, 1.165) is 6.07 Å². The molecule has 0 fully saturated rings. The van der Waals surface area contributed by atoms with E-state index in [4.69, 9.17) is 5.11 Å². The Morgan fingerprint density at radius 1 is 1.50 bits per heavy atom. The van der Waals surface area contributed by atoms with E-state index in [1.807, 2.05) is 5.92 Å². The smallest absolute Gasteiger partial charge is 0.338 e. The van der Waals surface area contributed by atoms with Crippen LogP contribution in [0.4, 0.5) is 4.39 Å². The van der Waals surface area contributed by atoms with E-state index in [1.54, 1.807) is 0 Å². The molecule has 1 rings (SSSR count). The highest BCUT2D eigenvalue weighted by molar-refractivity contribution is 5.88. The molecule has 0 unspecified atom stereocenters. The fourth-order valence-corrected chi connectivity index (χ4v) is 0.901. The highest BCUT2D eigenvalue weighted by atomic mass is 19.1. The lowest BCUT2D eigenvalue weighted by Gasteiger charge is -1.98. The van der Waals surface area contributed by atoms with Gasteiger partial charge < -0.3 is 5.11 Å². The number of carbonyl (C=O) groups excluding carboxylic acids is 1. The summed E-state index contributed by atoms with van der Waals surface area (Å²) in [7, 11) is 0. The Kier molecular flexibility index (Phi) is 2.97. The van der Waals surface area contributed by atoms with Crippen molar-refractivity contribution in [3.8, 4) is 11.8 Å². The van der Waals surface area contributed by atoms with E-state index < -0.39 is 17.3 Å². The maximum Gasteiger partial charge on any atom is 0.338 e. The average molecular weight is 192 g/mol. The van der Waals surface area contributed by atoms with Gasteiger partial charge in [0.1, 0.15) is 0 Å². The zero-order valence-electron chi connectivity index (χ0n) is 6.95. The van der Waals surface area contributed by atoms with Crippen molar-refractivity contribution in [2.45, 2.75) is 0 Å². The Hall–Kier alpha value is -2.15. The molecule has 0 bridgehead atoms. The molecule has 0 heterocycles. The molecule has 0 amide bonds. The molecule has 0 saturated heterocycles. The molecule has 0 spiro atoms. The minimum atomic E-state index is -1.36. The molecule has 14 heavy (non-hydrogen) atoms. The van der Waals surface area contributed by atoms with Crippen LogP contribution in [0.5, 0.6) is 0 Å². The minimum Gasteiger partial charge on any atom is -0.478 e. The molecule has 0 radical (unpaired) electrons. The third kappa shape index (κ3) is 1.96. The SMILES string of the molecule is O=CC#Cc1cccc(C(=O)O)c1F. The first-order valence-corrected chi connectivity index (χ1v) is 3.64. The lowest BCUT2D eigenvalue weighted by Crippen LogP contribution is -2.01. The molecule has 0 aromatic heterocycles. The zero-order chi connectivity index (χ0) is 10.6. The van der Waals surface area contributed by atoms with Crippen LogP contribution in [0, 0.1) is 17.7 Å². The molecule has 1 aromatic carbocycles. The normalized spacial score (nSPS) is 8.64. The van der Waals surface area contributed by atoms with E-state index in [0.29, 0.717) is 6.29 Å². The summed E-state index contributed by atoms with van der Waals surface area (Å²) in [6.45, 7) is 0. The fraction of sp³-hybridized carbons (Fsp3) is 0. The largest absolute Gasteiger partial charge is 0.478 e. The second-order valence-electron chi connectivity index (χ2n) is 2.36. The van der Waals surface area contributed by atoms with Crippen LogP contribution in [0.1, 0.15) is 15.9 Å². The molecule has 0 atom stereocenters. The van der Waals surface area contributed by atoms with E-state index >= 15 is 0 Å². The number of rotatable bonds is 1. The van der Waals surface area contributed by atoms with Crippen LogP contribution in [0.2, 0.25) is 0 Å². The lowest BCUT2D eigenvalue weighted by atomic mass is 10.1. The fourth-order valence-electron chi connectivity index (χ4n) is 0.901. The first-order valence-electron chi connectivity index (χ1n) is 3.64. The Balaban J connectivity index is 3.27. The highest BCUT2D eigenvalue weighted by Crippen LogP contribution is 2.11. The molecule has 4 heteroatoms. The number of carbonyl (C=O) groups is 2. The minimum absolute atomic E-state index is 0.1000. The number of halogens is 1. The van der Waals surface area contributed by atoms with Crippen molar-refractivity contribution >= 4 is 12.3 Å². The summed E-state index contributed by atoms with van der Waals surface area (Å²) < 4.78 is 13.2. The third-order valence-electron chi connectivity index (χ3n) is 1.49. The molecule has 0 saturated carbocycles. The number of carboxylic acid groups (broad SMARTS) is 1. The number of carboxylic acids is 1. The number of hydrogen-bond acceptors (Lipinski definition) is 2. The van der Waals surface area contributed by atoms with Crippen molar-refractivity contribution in [2.24, 2.45) is 0 Å². The molecule has 0 aliphatic heterocycles. The zero-order valence-corrected chi connectivity index (χ0v) is 6.95. The van der Waals surface area contributed by atoms with Crippen molar-refractivity contribution in [3.05, 3.63) is 35.1 Å². The van der Waals surface area contributed by atoms with Gasteiger partial charge in [-0.25, -0.2) is 9.18 Å². The summed E-state index contributed by atoms with van der Waals surface area (Å²) in [5.41, 5.74) is -0.556. The Morgan fingerprint density at radius 3 is 2.79 bits per heavy atom. The predicted molar refractivity (Wildman–Crippen MR) is 46.3 cm³/mol. The van der Waals surface area contributed by atoms with Crippen LogP contribution < -0.4 is 0 Å². The highest BCUT2D eigenvalue weighted by Gasteiger charge is 2.11. The Morgan fingerprint density at radius 2 is 2.21 bits per heavy atom. The van der Waals surface area contributed by atoms with Crippen molar-refractivity contribution in [1.82, 2.24) is 0 Å². The lowest BCUT2D eigenvalue weighted by molar-refractivity contribution is -0.103. The molecule has 0 aliphatic rings. The second kappa shape index (κ2) is 4.19. The van der Waals surface area contributed by atoms with E-state index in [-0.39, 0.29) is 5.56 Å². The van der Waals surface area contributed by atoms with Crippen LogP contribution in [0.25, 0.3) is 0 Å². The van der Waals surface area contributed by atoms with Gasteiger partial charge >= 0.3 is 5.97 Å². The number of aldehydes is 1. The van der Waals surface area contributed by atoms with Crippen molar-refractivity contribution in [3.63, 3.8) is 0 Å². The number of benzene rings is 1. The van der Waals surface area contributed by atoms with Gasteiger partial charge in [-0.2, -0.15) is 0 Å². The third-order valence-corrected chi connectivity index (χ3v) is 1.49. The van der Waals surface area contributed by atoms with Crippen LogP contribution in [-0.2, 0) is 4.79 Å². The van der Waals surface area contributed by atoms with Crippen LogP contribution in [0.3, 0.4) is 0 Å². The molecule has 1 aromatic rings. The van der Waals surface area contributed by atoms with Gasteiger partial charge in [-0.15, -0.1) is 0 Å². The summed E-state index contributed by atoms with van der Waals surface area (Å²) in [6, 6.07) is 3.80. The standard InChI is InChI=1S/C10H5FO3/c11-9-7(4-2-6-12)3-1-5-8(9)10(13)14/h1,3,5-6H,(H,13,14). The van der Waals surface area contributed by atoms with E-state index in [1.165, 1.54) is 12.1 Å². The van der Waals surface area contributed by atoms with Crippen molar-refractivity contribution < 1.29 is 19.1 Å².